The summed E-state index contributed by atoms with van der Waals surface area (Å²) in [5, 5.41) is 17.7. The first-order valence-electron chi connectivity index (χ1n) is 15.1. The van der Waals surface area contributed by atoms with Crippen LogP contribution in [0.1, 0.15) is 60.7 Å². The highest BCUT2D eigenvalue weighted by atomic mass is 19.3. The summed E-state index contributed by atoms with van der Waals surface area (Å²) in [6.45, 7) is 2.61. The summed E-state index contributed by atoms with van der Waals surface area (Å²) in [6.07, 6.45) is 4.33. The molecule has 2 N–H and O–H groups in total. The molecule has 3 aromatic carbocycles. The summed E-state index contributed by atoms with van der Waals surface area (Å²) in [7, 11) is 0. The van der Waals surface area contributed by atoms with E-state index in [0.717, 1.165) is 29.3 Å². The number of fused-ring (bicyclic) bond motifs is 2. The highest BCUT2D eigenvalue weighted by Crippen LogP contribution is 2.33. The van der Waals surface area contributed by atoms with Crippen molar-refractivity contribution < 1.29 is 37.7 Å². The number of alkyl halides is 2. The van der Waals surface area contributed by atoms with Crippen LogP contribution in [0, 0.1) is 5.92 Å². The fraction of sp³-hybridized carbons (Fsp3) is 0.353. The lowest BCUT2D eigenvalue weighted by atomic mass is 10.00. The van der Waals surface area contributed by atoms with E-state index in [0.29, 0.717) is 48.3 Å². The molecule has 2 aliphatic rings. The SMILES string of the molecule is C[C@H](NC(=O)C(C)(F)F)[C@H](Oc1ccc2c(cnn2-c2cccc(C(=O)N=CC3CCC[C@@H]3O)c2)c1)c1ccc2c(c1)OCOC2. The van der Waals surface area contributed by atoms with Crippen LogP contribution in [0.15, 0.2) is 71.9 Å². The Labute approximate surface area is 264 Å². The first-order valence-corrected chi connectivity index (χ1v) is 15.1. The molecule has 1 saturated carbocycles. The standard InChI is InChI=1S/C34H34F2N4O6/c1-20(39-33(43)34(2,35)36)31(21-9-10-24-18-44-19-45-30(24)15-21)46-27-11-12-28-25(14-27)17-38-40(28)26-7-3-5-22(13-26)32(42)37-16-23-6-4-8-29(23)41/h3,5,7,9-17,20,23,29,31,41H,4,6,8,18-19H2,1-2H3,(H,39,43)/t20-,23?,29-,31-/m0/s1. The van der Waals surface area contributed by atoms with E-state index in [-0.39, 0.29) is 12.7 Å². The molecule has 4 aromatic rings. The monoisotopic (exact) mass is 632 g/mol. The van der Waals surface area contributed by atoms with Crippen LogP contribution in [0.2, 0.25) is 0 Å². The molecule has 1 unspecified atom stereocenters. The number of carbonyl (C=O) groups excluding carboxylic acids is 2. The zero-order chi connectivity index (χ0) is 32.4. The van der Waals surface area contributed by atoms with E-state index in [9.17, 15) is 23.5 Å². The number of aliphatic hydroxyl groups is 1. The van der Waals surface area contributed by atoms with Gasteiger partial charge in [0.25, 0.3) is 11.8 Å². The van der Waals surface area contributed by atoms with Crippen LogP contribution in [0.25, 0.3) is 16.6 Å². The minimum atomic E-state index is -3.56. The molecular formula is C34H34F2N4O6. The molecule has 46 heavy (non-hydrogen) atoms. The molecular weight excluding hydrogens is 598 g/mol. The Hall–Kier alpha value is -4.68. The molecule has 0 saturated heterocycles. The molecule has 10 nitrogen and oxygen atoms in total. The molecule has 0 radical (unpaired) electrons. The van der Waals surface area contributed by atoms with Gasteiger partial charge in [-0.2, -0.15) is 13.9 Å². The van der Waals surface area contributed by atoms with Crippen LogP contribution in [-0.2, 0) is 16.1 Å². The van der Waals surface area contributed by atoms with Gasteiger partial charge in [0.2, 0.25) is 0 Å². The van der Waals surface area contributed by atoms with Crippen molar-refractivity contribution in [3.05, 3.63) is 83.6 Å². The third-order valence-corrected chi connectivity index (χ3v) is 8.24. The summed E-state index contributed by atoms with van der Waals surface area (Å²) in [5.74, 6) is -4.46. The van der Waals surface area contributed by atoms with Crippen molar-refractivity contribution in [2.75, 3.05) is 6.79 Å². The lowest BCUT2D eigenvalue weighted by molar-refractivity contribution is -0.144. The van der Waals surface area contributed by atoms with Crippen LogP contribution in [0.5, 0.6) is 11.5 Å². The number of rotatable bonds is 9. The Morgan fingerprint density at radius 3 is 2.80 bits per heavy atom. The van der Waals surface area contributed by atoms with Crippen LogP contribution in [0.4, 0.5) is 8.78 Å². The van der Waals surface area contributed by atoms with Gasteiger partial charge in [0.1, 0.15) is 17.6 Å². The quantitative estimate of drug-likeness (QED) is 0.232. The lowest BCUT2D eigenvalue weighted by Gasteiger charge is -2.28. The zero-order valence-corrected chi connectivity index (χ0v) is 25.4. The van der Waals surface area contributed by atoms with Crippen LogP contribution in [-0.4, -0.2) is 57.8 Å². The Bertz CT molecular complexity index is 1790. The van der Waals surface area contributed by atoms with Crippen molar-refractivity contribution >= 4 is 28.9 Å². The van der Waals surface area contributed by atoms with E-state index in [4.69, 9.17) is 14.2 Å². The number of ether oxygens (including phenoxy) is 3. The molecule has 2 heterocycles. The number of carbonyl (C=O) groups is 2. The second-order valence-electron chi connectivity index (χ2n) is 11.7. The Morgan fingerprint density at radius 1 is 1.17 bits per heavy atom. The first-order chi connectivity index (χ1) is 22.1. The van der Waals surface area contributed by atoms with Gasteiger partial charge >= 0.3 is 5.92 Å². The molecule has 12 heteroatoms. The van der Waals surface area contributed by atoms with Gasteiger partial charge in [-0.1, -0.05) is 24.6 Å². The van der Waals surface area contributed by atoms with Gasteiger partial charge in [-0.25, -0.2) is 9.67 Å². The van der Waals surface area contributed by atoms with Gasteiger partial charge < -0.3 is 24.6 Å². The molecule has 4 atom stereocenters. The molecule has 1 aromatic heterocycles. The van der Waals surface area contributed by atoms with Crippen LogP contribution < -0.4 is 14.8 Å². The molecule has 1 aliphatic carbocycles. The summed E-state index contributed by atoms with van der Waals surface area (Å²) in [6, 6.07) is 16.8. The second-order valence-corrected chi connectivity index (χ2v) is 11.7. The first kappa shape index (κ1) is 31.3. The Kier molecular flexibility index (Phi) is 8.83. The highest BCUT2D eigenvalue weighted by Gasteiger charge is 2.35. The van der Waals surface area contributed by atoms with Gasteiger partial charge in [-0.05, 0) is 67.8 Å². The van der Waals surface area contributed by atoms with E-state index < -0.39 is 36.0 Å². The summed E-state index contributed by atoms with van der Waals surface area (Å²) < 4.78 is 46.5. The third kappa shape index (κ3) is 6.77. The van der Waals surface area contributed by atoms with Crippen molar-refractivity contribution in [2.45, 2.75) is 63.9 Å². The van der Waals surface area contributed by atoms with Crippen LogP contribution >= 0.6 is 0 Å². The molecule has 1 fully saturated rings. The minimum Gasteiger partial charge on any atom is -0.484 e. The maximum Gasteiger partial charge on any atom is 0.321 e. The van der Waals surface area contributed by atoms with Crippen molar-refractivity contribution in [1.82, 2.24) is 15.1 Å². The number of halogens is 2. The fourth-order valence-corrected chi connectivity index (χ4v) is 5.71. The van der Waals surface area contributed by atoms with E-state index >= 15 is 0 Å². The summed E-state index contributed by atoms with van der Waals surface area (Å²) in [5.41, 5.74) is 3.24. The summed E-state index contributed by atoms with van der Waals surface area (Å²) in [4.78, 5) is 29.1. The number of aromatic nitrogens is 2. The number of benzene rings is 3. The van der Waals surface area contributed by atoms with Gasteiger partial charge in [0, 0.05) is 35.6 Å². The predicted molar refractivity (Wildman–Crippen MR) is 166 cm³/mol. The van der Waals surface area contributed by atoms with Crippen LogP contribution in [0.3, 0.4) is 0 Å². The lowest BCUT2D eigenvalue weighted by Crippen LogP contribution is -2.46. The van der Waals surface area contributed by atoms with Crippen molar-refractivity contribution in [3.8, 4) is 17.2 Å². The average molecular weight is 633 g/mol. The normalized spacial score (nSPS) is 19.4. The third-order valence-electron chi connectivity index (χ3n) is 8.24. The number of hydrogen-bond donors (Lipinski definition) is 2. The van der Waals surface area contributed by atoms with Gasteiger partial charge in [0.15, 0.2) is 6.79 Å². The number of aliphatic hydroxyl groups excluding tert-OH is 1. The molecule has 0 bridgehead atoms. The zero-order valence-electron chi connectivity index (χ0n) is 25.4. The maximum absolute atomic E-state index is 13.8. The Morgan fingerprint density at radius 2 is 2.02 bits per heavy atom. The summed E-state index contributed by atoms with van der Waals surface area (Å²) >= 11 is 0. The van der Waals surface area contributed by atoms with E-state index in [1.165, 1.54) is 0 Å². The Balaban J connectivity index is 1.25. The molecule has 0 spiro atoms. The van der Waals surface area contributed by atoms with E-state index in [2.05, 4.69) is 15.4 Å². The molecule has 2 amide bonds. The minimum absolute atomic E-state index is 0.0891. The van der Waals surface area contributed by atoms with Crippen molar-refractivity contribution in [1.29, 1.82) is 0 Å². The van der Waals surface area contributed by atoms with E-state index in [1.54, 1.807) is 72.5 Å². The number of aliphatic imine (C=N–C) groups is 1. The maximum atomic E-state index is 13.8. The largest absolute Gasteiger partial charge is 0.484 e. The average Bonchev–Trinajstić information content (AvgIpc) is 3.67. The number of nitrogens with one attached hydrogen (secondary N) is 1. The molecule has 240 valence electrons. The van der Waals surface area contributed by atoms with E-state index in [1.807, 2.05) is 12.1 Å². The molecule has 6 rings (SSSR count). The van der Waals surface area contributed by atoms with Gasteiger partial charge in [-0.15, -0.1) is 0 Å². The van der Waals surface area contributed by atoms with Crippen molar-refractivity contribution in [3.63, 3.8) is 0 Å². The highest BCUT2D eigenvalue weighted by molar-refractivity contribution is 5.99. The fourth-order valence-electron chi connectivity index (χ4n) is 5.71. The number of nitrogens with zero attached hydrogens (tertiary/aromatic N) is 3. The van der Waals surface area contributed by atoms with Crippen molar-refractivity contribution in [2.24, 2.45) is 10.9 Å². The topological polar surface area (TPSA) is 124 Å². The predicted octanol–water partition coefficient (Wildman–Crippen LogP) is 5.54. The smallest absolute Gasteiger partial charge is 0.321 e. The molecule has 1 aliphatic heterocycles. The number of hydrogen-bond acceptors (Lipinski definition) is 7. The van der Waals surface area contributed by atoms with Gasteiger partial charge in [-0.3, -0.25) is 9.59 Å². The van der Waals surface area contributed by atoms with Gasteiger partial charge in [0.05, 0.1) is 36.2 Å². The number of amides is 2. The second kappa shape index (κ2) is 13.0.